The summed E-state index contributed by atoms with van der Waals surface area (Å²) < 4.78 is 35.2. The second-order valence-electron chi connectivity index (χ2n) is 6.57. The molecule has 1 saturated heterocycles. The second kappa shape index (κ2) is 8.81. The van der Waals surface area contributed by atoms with E-state index in [0.717, 1.165) is 45.0 Å². The van der Waals surface area contributed by atoms with Crippen LogP contribution in [0, 0.1) is 0 Å². The highest BCUT2D eigenvalue weighted by atomic mass is 32.2. The first-order valence-electron chi connectivity index (χ1n) is 9.03. The predicted molar refractivity (Wildman–Crippen MR) is 101 cm³/mol. The van der Waals surface area contributed by atoms with Gasteiger partial charge in [-0.3, -0.25) is 4.90 Å². The number of rotatable bonds is 8. The van der Waals surface area contributed by atoms with Crippen LogP contribution < -0.4 is 0 Å². The molecule has 0 spiro atoms. The van der Waals surface area contributed by atoms with Crippen LogP contribution in [-0.2, 0) is 28.4 Å². The van der Waals surface area contributed by atoms with E-state index in [9.17, 15) is 8.42 Å². The van der Waals surface area contributed by atoms with Crippen molar-refractivity contribution in [3.63, 3.8) is 0 Å². The topological polar surface area (TPSA) is 54.8 Å². The number of morpholine rings is 1. The van der Waals surface area contributed by atoms with Gasteiger partial charge in [-0.25, -0.2) is 8.42 Å². The third-order valence-corrected chi connectivity index (χ3v) is 6.62. The number of ether oxygens (including phenoxy) is 1. The van der Waals surface area contributed by atoms with Gasteiger partial charge in [0.25, 0.3) is 0 Å². The second-order valence-corrected chi connectivity index (χ2v) is 8.51. The fourth-order valence-corrected chi connectivity index (χ4v) is 4.63. The van der Waals surface area contributed by atoms with E-state index in [0.29, 0.717) is 18.0 Å². The van der Waals surface area contributed by atoms with E-state index >= 15 is 0 Å². The van der Waals surface area contributed by atoms with Crippen LogP contribution in [0.5, 0.6) is 0 Å². The molecule has 0 bridgehead atoms. The van der Waals surface area contributed by atoms with Crippen molar-refractivity contribution < 1.29 is 13.2 Å². The normalized spacial score (nSPS) is 16.2. The number of aryl methyl sites for hydroxylation is 1. The molecule has 1 aromatic carbocycles. The summed E-state index contributed by atoms with van der Waals surface area (Å²) in [6, 6.07) is 12.6. The zero-order valence-corrected chi connectivity index (χ0v) is 16.1. The van der Waals surface area contributed by atoms with Crippen molar-refractivity contribution in [1.29, 1.82) is 0 Å². The SMILES string of the molecule is Cn1cccc1CN(CCCN1CCOCC1)S(=O)(=O)c1ccccc1. The maximum Gasteiger partial charge on any atom is 0.243 e. The summed E-state index contributed by atoms with van der Waals surface area (Å²) in [5.41, 5.74) is 0.982. The van der Waals surface area contributed by atoms with Gasteiger partial charge in [-0.05, 0) is 37.2 Å². The molecule has 6 nitrogen and oxygen atoms in total. The van der Waals surface area contributed by atoms with Gasteiger partial charge >= 0.3 is 0 Å². The molecule has 1 fully saturated rings. The molecule has 0 aliphatic carbocycles. The molecule has 1 aliphatic heterocycles. The third kappa shape index (κ3) is 4.73. The van der Waals surface area contributed by atoms with Crippen molar-refractivity contribution in [2.45, 2.75) is 17.9 Å². The van der Waals surface area contributed by atoms with Crippen molar-refractivity contribution >= 4 is 10.0 Å². The molecule has 0 saturated carbocycles. The number of aromatic nitrogens is 1. The zero-order valence-electron chi connectivity index (χ0n) is 15.3. The Balaban J connectivity index is 1.72. The first-order valence-corrected chi connectivity index (χ1v) is 10.5. The van der Waals surface area contributed by atoms with Gasteiger partial charge in [0.2, 0.25) is 10.0 Å². The Hall–Kier alpha value is -1.67. The largest absolute Gasteiger partial charge is 0.379 e. The van der Waals surface area contributed by atoms with Gasteiger partial charge in [0, 0.05) is 38.6 Å². The van der Waals surface area contributed by atoms with Crippen LogP contribution in [0.2, 0.25) is 0 Å². The van der Waals surface area contributed by atoms with E-state index < -0.39 is 10.0 Å². The average molecular weight is 378 g/mol. The Morgan fingerprint density at radius 1 is 1.08 bits per heavy atom. The molecule has 1 aliphatic rings. The van der Waals surface area contributed by atoms with E-state index in [1.807, 2.05) is 36.0 Å². The van der Waals surface area contributed by atoms with Crippen molar-refractivity contribution in [3.8, 4) is 0 Å². The molecule has 26 heavy (non-hydrogen) atoms. The Labute approximate surface area is 156 Å². The lowest BCUT2D eigenvalue weighted by Crippen LogP contribution is -2.39. The van der Waals surface area contributed by atoms with E-state index in [4.69, 9.17) is 4.74 Å². The molecule has 2 heterocycles. The first-order chi connectivity index (χ1) is 12.6. The lowest BCUT2D eigenvalue weighted by molar-refractivity contribution is 0.0368. The molecule has 0 radical (unpaired) electrons. The van der Waals surface area contributed by atoms with Crippen LogP contribution in [0.1, 0.15) is 12.1 Å². The summed E-state index contributed by atoms with van der Waals surface area (Å²) in [4.78, 5) is 2.68. The van der Waals surface area contributed by atoms with Gasteiger partial charge < -0.3 is 9.30 Å². The summed E-state index contributed by atoms with van der Waals surface area (Å²) in [6.45, 7) is 5.12. The van der Waals surface area contributed by atoms with Gasteiger partial charge in [-0.2, -0.15) is 4.31 Å². The van der Waals surface area contributed by atoms with Crippen LogP contribution in [0.3, 0.4) is 0 Å². The van der Waals surface area contributed by atoms with Crippen molar-refractivity contribution in [2.75, 3.05) is 39.4 Å². The number of hydrogen-bond donors (Lipinski definition) is 0. The van der Waals surface area contributed by atoms with Crippen molar-refractivity contribution in [3.05, 3.63) is 54.4 Å². The monoisotopic (exact) mass is 377 g/mol. The number of hydrogen-bond acceptors (Lipinski definition) is 4. The predicted octanol–water partition coefficient (Wildman–Crippen LogP) is 1.94. The van der Waals surface area contributed by atoms with Crippen LogP contribution >= 0.6 is 0 Å². The van der Waals surface area contributed by atoms with Gasteiger partial charge in [-0.15, -0.1) is 0 Å². The number of benzene rings is 1. The fourth-order valence-electron chi connectivity index (χ4n) is 3.16. The van der Waals surface area contributed by atoms with E-state index in [1.54, 1.807) is 28.6 Å². The lowest BCUT2D eigenvalue weighted by Gasteiger charge is -2.28. The van der Waals surface area contributed by atoms with Crippen molar-refractivity contribution in [1.82, 2.24) is 13.8 Å². The van der Waals surface area contributed by atoms with Gasteiger partial charge in [-0.1, -0.05) is 18.2 Å². The molecule has 0 N–H and O–H groups in total. The number of nitrogens with zero attached hydrogens (tertiary/aromatic N) is 3. The molecule has 142 valence electrons. The molecule has 0 amide bonds. The highest BCUT2D eigenvalue weighted by Gasteiger charge is 2.25. The zero-order chi connectivity index (χ0) is 18.4. The molecule has 1 aromatic heterocycles. The minimum absolute atomic E-state index is 0.348. The van der Waals surface area contributed by atoms with Crippen molar-refractivity contribution in [2.24, 2.45) is 7.05 Å². The molecule has 2 aromatic rings. The Morgan fingerprint density at radius 2 is 1.81 bits per heavy atom. The highest BCUT2D eigenvalue weighted by Crippen LogP contribution is 2.19. The minimum Gasteiger partial charge on any atom is -0.379 e. The van der Waals surface area contributed by atoms with Crippen LogP contribution in [0.25, 0.3) is 0 Å². The first kappa shape index (κ1) is 19.1. The Morgan fingerprint density at radius 3 is 2.46 bits per heavy atom. The molecule has 3 rings (SSSR count). The average Bonchev–Trinajstić information content (AvgIpc) is 3.07. The van der Waals surface area contributed by atoms with Crippen LogP contribution in [-0.4, -0.2) is 61.6 Å². The summed E-state index contributed by atoms with van der Waals surface area (Å²) in [7, 11) is -1.58. The maximum absolute atomic E-state index is 13.1. The van der Waals surface area contributed by atoms with Crippen LogP contribution in [0.15, 0.2) is 53.6 Å². The standard InChI is InChI=1S/C19H27N3O3S/c1-20-10-5-7-18(20)17-22(12-6-11-21-13-15-25-16-14-21)26(23,24)19-8-3-2-4-9-19/h2-5,7-10H,6,11-17H2,1H3. The Bertz CT molecular complexity index is 783. The smallest absolute Gasteiger partial charge is 0.243 e. The van der Waals surface area contributed by atoms with E-state index in [1.165, 1.54) is 0 Å². The van der Waals surface area contributed by atoms with Gasteiger partial charge in [0.15, 0.2) is 0 Å². The minimum atomic E-state index is -3.52. The summed E-state index contributed by atoms with van der Waals surface area (Å²) >= 11 is 0. The summed E-state index contributed by atoms with van der Waals surface area (Å²) in [5.74, 6) is 0. The fraction of sp³-hybridized carbons (Fsp3) is 0.474. The maximum atomic E-state index is 13.1. The van der Waals surface area contributed by atoms with E-state index in [2.05, 4.69) is 4.90 Å². The lowest BCUT2D eigenvalue weighted by atomic mass is 10.3. The summed E-state index contributed by atoms with van der Waals surface area (Å²) in [6.07, 6.45) is 2.74. The quantitative estimate of drug-likeness (QED) is 0.706. The van der Waals surface area contributed by atoms with Crippen LogP contribution in [0.4, 0.5) is 0 Å². The van der Waals surface area contributed by atoms with Gasteiger partial charge in [0.05, 0.1) is 24.7 Å². The highest BCUT2D eigenvalue weighted by molar-refractivity contribution is 7.89. The Kier molecular flexibility index (Phi) is 6.48. The van der Waals surface area contributed by atoms with Gasteiger partial charge in [0.1, 0.15) is 0 Å². The number of sulfonamides is 1. The summed E-state index contributed by atoms with van der Waals surface area (Å²) in [5, 5.41) is 0. The molecule has 7 heteroatoms. The molecular weight excluding hydrogens is 350 g/mol. The third-order valence-electron chi connectivity index (χ3n) is 4.76. The molecule has 0 atom stereocenters. The molecule has 0 unspecified atom stereocenters. The molecular formula is C19H27N3O3S. The van der Waals surface area contributed by atoms with E-state index in [-0.39, 0.29) is 0 Å².